The topological polar surface area (TPSA) is 66.4 Å². The summed E-state index contributed by atoms with van der Waals surface area (Å²) in [6, 6.07) is 8.34. The summed E-state index contributed by atoms with van der Waals surface area (Å²) in [7, 11) is 0.420. The Morgan fingerprint density at radius 1 is 1.21 bits per heavy atom. The molecule has 1 aliphatic rings. The normalized spacial score (nSPS) is 19.0. The Labute approximate surface area is 143 Å². The molecule has 0 unspecified atom stereocenters. The summed E-state index contributed by atoms with van der Waals surface area (Å²) in [5, 5.41) is 0. The summed E-state index contributed by atoms with van der Waals surface area (Å²) in [4.78, 5) is 11.2. The van der Waals surface area contributed by atoms with E-state index in [4.69, 9.17) is 0 Å². The zero-order chi connectivity index (χ0) is 17.2. The lowest BCUT2D eigenvalue weighted by molar-refractivity contribution is 0.378. The van der Waals surface area contributed by atoms with E-state index in [2.05, 4.69) is 9.97 Å². The summed E-state index contributed by atoms with van der Waals surface area (Å²) in [6.45, 7) is 1.19. The third-order valence-corrected chi connectivity index (χ3v) is 6.00. The maximum Gasteiger partial charge on any atom is 0.243 e. The van der Waals surface area contributed by atoms with Crippen molar-refractivity contribution in [1.29, 1.82) is 0 Å². The molecule has 2 heterocycles. The molecule has 128 valence electrons. The maximum atomic E-state index is 13.0. The predicted molar refractivity (Wildman–Crippen MR) is 91.7 cm³/mol. The van der Waals surface area contributed by atoms with Crippen LogP contribution < -0.4 is 0 Å². The van der Waals surface area contributed by atoms with Gasteiger partial charge in [0.05, 0.1) is 28.5 Å². The van der Waals surface area contributed by atoms with Gasteiger partial charge in [0.15, 0.2) is 0 Å². The van der Waals surface area contributed by atoms with Crippen molar-refractivity contribution < 1.29 is 8.42 Å². The molecule has 1 saturated heterocycles. The van der Waals surface area contributed by atoms with Crippen molar-refractivity contribution in [2.45, 2.75) is 30.3 Å². The Morgan fingerprint density at radius 3 is 2.67 bits per heavy atom. The van der Waals surface area contributed by atoms with E-state index in [-0.39, 0.29) is 6.04 Å². The summed E-state index contributed by atoms with van der Waals surface area (Å²) in [6.07, 6.45) is 5.01. The zero-order valence-corrected chi connectivity index (χ0v) is 14.8. The van der Waals surface area contributed by atoms with Crippen LogP contribution in [0.4, 0.5) is 0 Å². The Hall–Kier alpha value is -1.83. The standard InChI is InChI=1S/C17H22N4O2S/c1-20(2)13-14-11-18-12-16(19-14)17-9-6-10-21(17)24(22,23)15-7-4-3-5-8-15/h3-5,7-8,11-12,17H,6,9-10,13H2,1-2H3/t17-/m1/s1. The average molecular weight is 346 g/mol. The number of benzene rings is 1. The van der Waals surface area contributed by atoms with Crippen LogP contribution in [0, 0.1) is 0 Å². The van der Waals surface area contributed by atoms with E-state index in [0.29, 0.717) is 18.0 Å². The predicted octanol–water partition coefficient (Wildman–Crippen LogP) is 2.06. The second kappa shape index (κ2) is 6.96. The SMILES string of the molecule is CN(C)Cc1cncc([C@H]2CCCN2S(=O)(=O)c2ccccc2)n1. The molecule has 1 aliphatic heterocycles. The molecule has 1 aromatic carbocycles. The Morgan fingerprint density at radius 2 is 1.96 bits per heavy atom. The van der Waals surface area contributed by atoms with E-state index in [1.807, 2.05) is 25.1 Å². The molecule has 1 atom stereocenters. The summed E-state index contributed by atoms with van der Waals surface area (Å²) < 4.78 is 27.5. The van der Waals surface area contributed by atoms with Gasteiger partial charge in [-0.1, -0.05) is 18.2 Å². The van der Waals surface area contributed by atoms with Crippen LogP contribution in [0.15, 0.2) is 47.6 Å². The Bertz CT molecular complexity index is 793. The molecule has 0 amide bonds. The number of hydrogen-bond donors (Lipinski definition) is 0. The van der Waals surface area contributed by atoms with Crippen LogP contribution in [0.2, 0.25) is 0 Å². The van der Waals surface area contributed by atoms with Gasteiger partial charge < -0.3 is 4.90 Å². The Balaban J connectivity index is 1.91. The third kappa shape index (κ3) is 3.48. The van der Waals surface area contributed by atoms with Crippen LogP contribution in [0.3, 0.4) is 0 Å². The van der Waals surface area contributed by atoms with E-state index in [1.54, 1.807) is 41.0 Å². The van der Waals surface area contributed by atoms with Crippen LogP contribution in [0.1, 0.15) is 30.3 Å². The minimum Gasteiger partial charge on any atom is -0.304 e. The van der Waals surface area contributed by atoms with Gasteiger partial charge in [0.1, 0.15) is 0 Å². The molecular weight excluding hydrogens is 324 g/mol. The molecule has 0 N–H and O–H groups in total. The fourth-order valence-corrected chi connectivity index (χ4v) is 4.72. The quantitative estimate of drug-likeness (QED) is 0.829. The summed E-state index contributed by atoms with van der Waals surface area (Å²) >= 11 is 0. The first-order valence-corrected chi connectivity index (χ1v) is 9.45. The van der Waals surface area contributed by atoms with Crippen molar-refractivity contribution in [2.75, 3.05) is 20.6 Å². The molecule has 0 radical (unpaired) electrons. The highest BCUT2D eigenvalue weighted by Gasteiger charge is 2.37. The van der Waals surface area contributed by atoms with Gasteiger partial charge in [-0.2, -0.15) is 4.31 Å². The molecular formula is C17H22N4O2S. The highest BCUT2D eigenvalue weighted by atomic mass is 32.2. The Kier molecular flexibility index (Phi) is 4.93. The number of nitrogens with zero attached hydrogens (tertiary/aromatic N) is 4. The highest BCUT2D eigenvalue weighted by Crippen LogP contribution is 2.35. The molecule has 0 aliphatic carbocycles. The fraction of sp³-hybridized carbons (Fsp3) is 0.412. The molecule has 7 heteroatoms. The van der Waals surface area contributed by atoms with E-state index in [9.17, 15) is 8.42 Å². The van der Waals surface area contributed by atoms with Crippen LogP contribution in [-0.4, -0.2) is 48.2 Å². The highest BCUT2D eigenvalue weighted by molar-refractivity contribution is 7.89. The summed E-state index contributed by atoms with van der Waals surface area (Å²) in [5.74, 6) is 0. The lowest BCUT2D eigenvalue weighted by Crippen LogP contribution is -2.31. The first-order chi connectivity index (χ1) is 11.5. The number of hydrogen-bond acceptors (Lipinski definition) is 5. The van der Waals surface area contributed by atoms with Gasteiger partial charge in [-0.3, -0.25) is 9.97 Å². The first-order valence-electron chi connectivity index (χ1n) is 8.01. The van der Waals surface area contributed by atoms with Crippen molar-refractivity contribution >= 4 is 10.0 Å². The first kappa shape index (κ1) is 17.0. The van der Waals surface area contributed by atoms with Crippen molar-refractivity contribution in [3.63, 3.8) is 0 Å². The molecule has 2 aromatic rings. The maximum absolute atomic E-state index is 13.0. The molecule has 3 rings (SSSR count). The van der Waals surface area contributed by atoms with Crippen molar-refractivity contribution in [3.05, 3.63) is 54.1 Å². The van der Waals surface area contributed by atoms with Crippen molar-refractivity contribution in [3.8, 4) is 0 Å². The molecule has 24 heavy (non-hydrogen) atoms. The number of rotatable bonds is 5. The fourth-order valence-electron chi connectivity index (χ4n) is 3.04. The van der Waals surface area contributed by atoms with Gasteiger partial charge in [0.25, 0.3) is 0 Å². The lowest BCUT2D eigenvalue weighted by Gasteiger charge is -2.24. The number of aromatic nitrogens is 2. The molecule has 0 bridgehead atoms. The lowest BCUT2D eigenvalue weighted by atomic mass is 10.1. The molecule has 1 fully saturated rings. The molecule has 6 nitrogen and oxygen atoms in total. The second-order valence-electron chi connectivity index (χ2n) is 6.26. The van der Waals surface area contributed by atoms with E-state index in [0.717, 1.165) is 24.2 Å². The van der Waals surface area contributed by atoms with Gasteiger partial charge in [-0.25, -0.2) is 8.42 Å². The number of sulfonamides is 1. The van der Waals surface area contributed by atoms with Gasteiger partial charge >= 0.3 is 0 Å². The van der Waals surface area contributed by atoms with E-state index >= 15 is 0 Å². The van der Waals surface area contributed by atoms with Crippen LogP contribution in [0.5, 0.6) is 0 Å². The minimum atomic E-state index is -3.52. The van der Waals surface area contributed by atoms with Gasteiger partial charge in [0, 0.05) is 19.3 Å². The molecule has 0 spiro atoms. The smallest absolute Gasteiger partial charge is 0.243 e. The third-order valence-electron chi connectivity index (χ3n) is 4.08. The van der Waals surface area contributed by atoms with Crippen LogP contribution in [0.25, 0.3) is 0 Å². The largest absolute Gasteiger partial charge is 0.304 e. The summed E-state index contributed by atoms with van der Waals surface area (Å²) in [5.41, 5.74) is 1.58. The monoisotopic (exact) mass is 346 g/mol. The van der Waals surface area contributed by atoms with Gasteiger partial charge in [-0.05, 0) is 39.1 Å². The van der Waals surface area contributed by atoms with Gasteiger partial charge in [0.2, 0.25) is 10.0 Å². The van der Waals surface area contributed by atoms with Crippen LogP contribution in [-0.2, 0) is 16.6 Å². The van der Waals surface area contributed by atoms with E-state index in [1.165, 1.54) is 0 Å². The van der Waals surface area contributed by atoms with Crippen LogP contribution >= 0.6 is 0 Å². The van der Waals surface area contributed by atoms with Crippen molar-refractivity contribution in [2.24, 2.45) is 0 Å². The van der Waals surface area contributed by atoms with Gasteiger partial charge in [-0.15, -0.1) is 0 Å². The average Bonchev–Trinajstić information content (AvgIpc) is 3.06. The zero-order valence-electron chi connectivity index (χ0n) is 14.0. The second-order valence-corrected chi connectivity index (χ2v) is 8.15. The van der Waals surface area contributed by atoms with Crippen molar-refractivity contribution in [1.82, 2.24) is 19.2 Å². The molecule has 1 aromatic heterocycles. The minimum absolute atomic E-state index is 0.246. The molecule has 0 saturated carbocycles. The van der Waals surface area contributed by atoms with E-state index < -0.39 is 10.0 Å².